The molecule has 4 rings (SSSR count). The Kier molecular flexibility index (Phi) is 6.23. The van der Waals surface area contributed by atoms with Gasteiger partial charge in [-0.3, -0.25) is 14.6 Å². The van der Waals surface area contributed by atoms with Crippen LogP contribution in [0.3, 0.4) is 0 Å². The summed E-state index contributed by atoms with van der Waals surface area (Å²) in [7, 11) is 2.95. The zero-order chi connectivity index (χ0) is 24.4. The second kappa shape index (κ2) is 9.27. The number of rotatable bonds is 6. The van der Waals surface area contributed by atoms with E-state index in [-0.39, 0.29) is 29.4 Å². The first kappa shape index (κ1) is 22.8. The van der Waals surface area contributed by atoms with E-state index in [1.807, 2.05) is 0 Å². The van der Waals surface area contributed by atoms with Gasteiger partial charge in [-0.2, -0.15) is 0 Å². The largest absolute Gasteiger partial charge is 0.507 e. The maximum Gasteiger partial charge on any atom is 0.295 e. The van der Waals surface area contributed by atoms with Crippen molar-refractivity contribution in [3.63, 3.8) is 0 Å². The minimum absolute atomic E-state index is 0.0464. The van der Waals surface area contributed by atoms with Crippen molar-refractivity contribution in [2.45, 2.75) is 19.5 Å². The second-order valence-electron chi connectivity index (χ2n) is 7.90. The van der Waals surface area contributed by atoms with Gasteiger partial charge in [-0.1, -0.05) is 12.1 Å². The zero-order valence-electron chi connectivity index (χ0n) is 19.0. The fourth-order valence-corrected chi connectivity index (χ4v) is 4.12. The van der Waals surface area contributed by atoms with Crippen LogP contribution in [0.25, 0.3) is 5.76 Å². The molecule has 174 valence electrons. The molecule has 1 saturated heterocycles. The molecule has 2 N–H and O–H groups in total. The summed E-state index contributed by atoms with van der Waals surface area (Å²) in [6.45, 7) is 1.88. The summed E-state index contributed by atoms with van der Waals surface area (Å²) in [4.78, 5) is 31.9. The molecule has 0 unspecified atom stereocenters. The Hall–Kier alpha value is -4.33. The van der Waals surface area contributed by atoms with E-state index < -0.39 is 17.7 Å². The number of Topliss-reactive ketones (excluding diaryl/α,β-unsaturated/α-hetero) is 1. The molecule has 1 amide bonds. The number of methoxy groups -OCH3 is 2. The van der Waals surface area contributed by atoms with Crippen molar-refractivity contribution >= 4 is 17.4 Å². The second-order valence-corrected chi connectivity index (χ2v) is 7.90. The van der Waals surface area contributed by atoms with E-state index in [0.29, 0.717) is 22.4 Å². The molecule has 0 saturated carbocycles. The molecule has 2 aromatic carbocycles. The van der Waals surface area contributed by atoms with Gasteiger partial charge in [0.25, 0.3) is 11.7 Å². The van der Waals surface area contributed by atoms with Crippen LogP contribution in [0, 0.1) is 6.92 Å². The van der Waals surface area contributed by atoms with E-state index in [1.165, 1.54) is 25.2 Å². The van der Waals surface area contributed by atoms with Crippen LogP contribution in [0.2, 0.25) is 0 Å². The van der Waals surface area contributed by atoms with Gasteiger partial charge in [0.15, 0.2) is 11.5 Å². The Balaban J connectivity index is 1.91. The van der Waals surface area contributed by atoms with Crippen LogP contribution in [0.1, 0.15) is 28.3 Å². The van der Waals surface area contributed by atoms with Gasteiger partial charge < -0.3 is 24.6 Å². The number of aliphatic hydroxyl groups is 1. The molecule has 8 heteroatoms. The molecule has 0 radical (unpaired) electrons. The highest BCUT2D eigenvalue weighted by Crippen LogP contribution is 2.43. The standard InChI is InChI=1S/C26H24N2O6/c1-15-11-18(33-2)7-8-19(15)24(30)22-23(17-6-9-20(29)21(12-17)34-3)28(26(32)25(22)31)14-16-5-4-10-27-13-16/h4-13,23,29-30H,14H2,1-3H3/b24-22+/t23-/m0/s1. The first-order valence-electron chi connectivity index (χ1n) is 10.5. The number of phenolic OH excluding ortho intramolecular Hbond substituents is 1. The predicted molar refractivity (Wildman–Crippen MR) is 124 cm³/mol. The number of hydrogen-bond donors (Lipinski definition) is 2. The van der Waals surface area contributed by atoms with Crippen molar-refractivity contribution in [3.8, 4) is 17.2 Å². The number of carbonyl (C=O) groups excluding carboxylic acids is 2. The van der Waals surface area contributed by atoms with Crippen LogP contribution in [0.4, 0.5) is 0 Å². The fraction of sp³-hybridized carbons (Fsp3) is 0.192. The molecule has 1 aliphatic rings. The smallest absolute Gasteiger partial charge is 0.295 e. The molecule has 1 aliphatic heterocycles. The third kappa shape index (κ3) is 4.05. The van der Waals surface area contributed by atoms with Gasteiger partial charge in [0.1, 0.15) is 11.5 Å². The molecular weight excluding hydrogens is 436 g/mol. The normalized spacial score (nSPS) is 17.1. The van der Waals surface area contributed by atoms with Gasteiger partial charge in [-0.25, -0.2) is 0 Å². The van der Waals surface area contributed by atoms with Crippen LogP contribution < -0.4 is 9.47 Å². The summed E-state index contributed by atoms with van der Waals surface area (Å²) in [5, 5.41) is 21.4. The summed E-state index contributed by atoms with van der Waals surface area (Å²) in [6.07, 6.45) is 3.23. The third-order valence-corrected chi connectivity index (χ3v) is 5.82. The maximum atomic E-state index is 13.2. The van der Waals surface area contributed by atoms with Gasteiger partial charge in [-0.15, -0.1) is 0 Å². The van der Waals surface area contributed by atoms with Crippen molar-refractivity contribution in [1.29, 1.82) is 0 Å². The Morgan fingerprint density at radius 1 is 1.09 bits per heavy atom. The Bertz CT molecular complexity index is 1290. The van der Waals surface area contributed by atoms with Crippen molar-refractivity contribution in [2.24, 2.45) is 0 Å². The molecule has 0 bridgehead atoms. The number of aromatic nitrogens is 1. The fourth-order valence-electron chi connectivity index (χ4n) is 4.12. The first-order chi connectivity index (χ1) is 16.3. The molecule has 34 heavy (non-hydrogen) atoms. The van der Waals surface area contributed by atoms with Gasteiger partial charge >= 0.3 is 0 Å². The molecule has 1 fully saturated rings. The highest BCUT2D eigenvalue weighted by molar-refractivity contribution is 6.46. The first-order valence-corrected chi connectivity index (χ1v) is 10.5. The Morgan fingerprint density at radius 3 is 2.53 bits per heavy atom. The van der Waals surface area contributed by atoms with Crippen LogP contribution in [0.15, 0.2) is 66.5 Å². The van der Waals surface area contributed by atoms with Crippen molar-refractivity contribution < 1.29 is 29.3 Å². The number of nitrogens with zero attached hydrogens (tertiary/aromatic N) is 2. The number of carbonyl (C=O) groups is 2. The summed E-state index contributed by atoms with van der Waals surface area (Å²) in [5.74, 6) is -1.12. The number of hydrogen-bond acceptors (Lipinski definition) is 7. The number of likely N-dealkylation sites (tertiary alicyclic amines) is 1. The summed E-state index contributed by atoms with van der Waals surface area (Å²) in [5.41, 5.74) is 2.27. The average Bonchev–Trinajstić information content (AvgIpc) is 3.09. The number of phenols is 1. The quantitative estimate of drug-likeness (QED) is 0.328. The molecule has 1 atom stereocenters. The number of ether oxygens (including phenoxy) is 2. The molecule has 0 aliphatic carbocycles. The molecule has 3 aromatic rings. The van der Waals surface area contributed by atoms with Crippen LogP contribution >= 0.6 is 0 Å². The topological polar surface area (TPSA) is 109 Å². The molecule has 2 heterocycles. The number of benzene rings is 2. The van der Waals surface area contributed by atoms with Crippen LogP contribution in [-0.4, -0.2) is 46.0 Å². The summed E-state index contributed by atoms with van der Waals surface area (Å²) >= 11 is 0. The number of aliphatic hydroxyl groups excluding tert-OH is 1. The lowest BCUT2D eigenvalue weighted by molar-refractivity contribution is -0.140. The number of amides is 1. The van der Waals surface area contributed by atoms with E-state index in [0.717, 1.165) is 5.56 Å². The van der Waals surface area contributed by atoms with E-state index in [2.05, 4.69) is 4.98 Å². The lowest BCUT2D eigenvalue weighted by atomic mass is 9.93. The SMILES string of the molecule is COc1ccc(/C(O)=C2\C(=O)C(=O)N(Cc3cccnc3)[C@H]2c2ccc(O)c(OC)c2)c(C)c1. The minimum atomic E-state index is -0.906. The Labute approximate surface area is 196 Å². The van der Waals surface area contributed by atoms with Crippen molar-refractivity contribution in [1.82, 2.24) is 9.88 Å². The molecule has 0 spiro atoms. The van der Waals surface area contributed by atoms with Gasteiger partial charge in [0.2, 0.25) is 0 Å². The predicted octanol–water partition coefficient (Wildman–Crippen LogP) is 3.73. The number of pyridine rings is 1. The van der Waals surface area contributed by atoms with E-state index in [9.17, 15) is 19.8 Å². The third-order valence-electron chi connectivity index (χ3n) is 5.82. The lowest BCUT2D eigenvalue weighted by Gasteiger charge is -2.26. The Morgan fingerprint density at radius 2 is 1.88 bits per heavy atom. The van der Waals surface area contributed by atoms with Gasteiger partial charge in [0, 0.05) is 24.5 Å². The summed E-state index contributed by atoms with van der Waals surface area (Å²) < 4.78 is 10.5. The van der Waals surface area contributed by atoms with Crippen LogP contribution in [-0.2, 0) is 16.1 Å². The number of aromatic hydroxyl groups is 1. The monoisotopic (exact) mass is 460 g/mol. The number of ketones is 1. The maximum absolute atomic E-state index is 13.2. The molecule has 1 aromatic heterocycles. The summed E-state index contributed by atoms with van der Waals surface area (Å²) in [6, 6.07) is 12.3. The van der Waals surface area contributed by atoms with Crippen LogP contribution in [0.5, 0.6) is 17.2 Å². The van der Waals surface area contributed by atoms with Gasteiger partial charge in [-0.05, 0) is 60.0 Å². The van der Waals surface area contributed by atoms with E-state index in [1.54, 1.807) is 61.8 Å². The zero-order valence-corrected chi connectivity index (χ0v) is 19.0. The van der Waals surface area contributed by atoms with E-state index in [4.69, 9.17) is 9.47 Å². The lowest BCUT2D eigenvalue weighted by Crippen LogP contribution is -2.29. The number of aryl methyl sites for hydroxylation is 1. The average molecular weight is 460 g/mol. The molecular formula is C26H24N2O6. The van der Waals surface area contributed by atoms with Crippen molar-refractivity contribution in [2.75, 3.05) is 14.2 Å². The van der Waals surface area contributed by atoms with Gasteiger partial charge in [0.05, 0.1) is 25.8 Å². The van der Waals surface area contributed by atoms with E-state index >= 15 is 0 Å². The highest BCUT2D eigenvalue weighted by atomic mass is 16.5. The highest BCUT2D eigenvalue weighted by Gasteiger charge is 2.46. The minimum Gasteiger partial charge on any atom is -0.507 e. The molecule has 8 nitrogen and oxygen atoms in total. The van der Waals surface area contributed by atoms with Crippen molar-refractivity contribution in [3.05, 3.63) is 88.8 Å².